The van der Waals surface area contributed by atoms with Crippen LogP contribution >= 0.6 is 0 Å². The van der Waals surface area contributed by atoms with Gasteiger partial charge in [0.05, 0.1) is 21.4 Å². The zero-order valence-electron chi connectivity index (χ0n) is 12.3. The molecule has 5 heteroatoms. The average Bonchev–Trinajstić information content (AvgIpc) is 2.54. The molecular formula is C17H17NO3S. The van der Waals surface area contributed by atoms with E-state index in [1.807, 2.05) is 55.5 Å². The molecule has 1 amide bonds. The first kappa shape index (κ1) is 14.8. The highest BCUT2D eigenvalue weighted by molar-refractivity contribution is 7.85. The Hall–Kier alpha value is -2.14. The highest BCUT2D eigenvalue weighted by Gasteiger charge is 2.26. The lowest BCUT2D eigenvalue weighted by atomic mass is 10.2. The summed E-state index contributed by atoms with van der Waals surface area (Å²) in [5.41, 5.74) is 1.72. The summed E-state index contributed by atoms with van der Waals surface area (Å²) in [5.74, 6) is 1.06. The van der Waals surface area contributed by atoms with Crippen LogP contribution < -0.4 is 9.64 Å². The number of carbonyl (C=O) groups is 1. The summed E-state index contributed by atoms with van der Waals surface area (Å²) in [6, 6.07) is 14.9. The second-order valence-electron chi connectivity index (χ2n) is 5.12. The number of fused-ring (bicyclic) bond motifs is 1. The van der Waals surface area contributed by atoms with Crippen molar-refractivity contribution < 1.29 is 13.7 Å². The molecule has 1 unspecified atom stereocenters. The largest absolute Gasteiger partial charge is 0.483 e. The number of ether oxygens (including phenoxy) is 1. The van der Waals surface area contributed by atoms with E-state index in [4.69, 9.17) is 4.74 Å². The molecule has 0 aliphatic carbocycles. The lowest BCUT2D eigenvalue weighted by molar-refractivity contribution is -0.120. The van der Waals surface area contributed by atoms with Crippen molar-refractivity contribution in [1.29, 1.82) is 0 Å². The van der Waals surface area contributed by atoms with Crippen molar-refractivity contribution in [2.45, 2.75) is 11.8 Å². The van der Waals surface area contributed by atoms with Crippen LogP contribution in [0.25, 0.3) is 0 Å². The number of rotatable bonds is 3. The zero-order chi connectivity index (χ0) is 15.5. The van der Waals surface area contributed by atoms with Gasteiger partial charge in [0.2, 0.25) is 0 Å². The molecule has 22 heavy (non-hydrogen) atoms. The SMILES string of the molecule is Cc1ccccc1OCC(=O)N1CCS(=O)c2ccccc21. The Labute approximate surface area is 132 Å². The Balaban J connectivity index is 1.75. The van der Waals surface area contributed by atoms with Gasteiger partial charge in [-0.05, 0) is 30.7 Å². The van der Waals surface area contributed by atoms with Crippen LogP contribution in [-0.4, -0.2) is 29.0 Å². The number of benzene rings is 2. The fraction of sp³-hybridized carbons (Fsp3) is 0.235. The van der Waals surface area contributed by atoms with Crippen LogP contribution in [0.5, 0.6) is 5.75 Å². The van der Waals surface area contributed by atoms with Gasteiger partial charge < -0.3 is 9.64 Å². The van der Waals surface area contributed by atoms with E-state index < -0.39 is 10.8 Å². The van der Waals surface area contributed by atoms with Gasteiger partial charge in [-0.3, -0.25) is 9.00 Å². The third-order valence-corrected chi connectivity index (χ3v) is 5.04. The first-order valence-electron chi connectivity index (χ1n) is 7.13. The van der Waals surface area contributed by atoms with Crippen molar-refractivity contribution in [3.05, 3.63) is 54.1 Å². The number of anilines is 1. The number of carbonyl (C=O) groups excluding carboxylic acids is 1. The van der Waals surface area contributed by atoms with Crippen molar-refractivity contribution in [3.63, 3.8) is 0 Å². The van der Waals surface area contributed by atoms with Crippen LogP contribution in [0.3, 0.4) is 0 Å². The van der Waals surface area contributed by atoms with E-state index in [-0.39, 0.29) is 12.5 Å². The van der Waals surface area contributed by atoms with Crippen molar-refractivity contribution in [2.24, 2.45) is 0 Å². The molecule has 0 saturated heterocycles. The molecule has 3 rings (SSSR count). The standard InChI is InChI=1S/C17H17NO3S/c1-13-6-2-4-8-15(13)21-12-17(19)18-10-11-22(20)16-9-5-3-7-14(16)18/h2-9H,10-12H2,1H3. The molecule has 4 nitrogen and oxygen atoms in total. The Kier molecular flexibility index (Phi) is 4.24. The van der Waals surface area contributed by atoms with Crippen LogP contribution in [0.1, 0.15) is 5.56 Å². The van der Waals surface area contributed by atoms with E-state index in [0.717, 1.165) is 16.1 Å². The van der Waals surface area contributed by atoms with Crippen molar-refractivity contribution in [2.75, 3.05) is 23.8 Å². The first-order valence-corrected chi connectivity index (χ1v) is 8.45. The minimum Gasteiger partial charge on any atom is -0.483 e. The van der Waals surface area contributed by atoms with Crippen LogP contribution in [0, 0.1) is 6.92 Å². The fourth-order valence-corrected chi connectivity index (χ4v) is 3.68. The number of hydrogen-bond acceptors (Lipinski definition) is 3. The molecule has 0 aromatic heterocycles. The number of para-hydroxylation sites is 2. The second-order valence-corrected chi connectivity index (χ2v) is 6.66. The van der Waals surface area contributed by atoms with E-state index in [0.29, 0.717) is 18.0 Å². The Bertz CT molecular complexity index is 729. The van der Waals surface area contributed by atoms with Crippen LogP contribution in [0.15, 0.2) is 53.4 Å². The van der Waals surface area contributed by atoms with Gasteiger partial charge in [0, 0.05) is 12.3 Å². The molecule has 0 spiro atoms. The summed E-state index contributed by atoms with van der Waals surface area (Å²) in [6.07, 6.45) is 0. The quantitative estimate of drug-likeness (QED) is 0.874. The minimum absolute atomic E-state index is 0.0220. The third kappa shape index (κ3) is 2.90. The number of nitrogens with zero attached hydrogens (tertiary/aromatic N) is 1. The molecule has 0 N–H and O–H groups in total. The summed E-state index contributed by atoms with van der Waals surface area (Å²) >= 11 is 0. The molecule has 0 saturated carbocycles. The van der Waals surface area contributed by atoms with Gasteiger partial charge in [0.15, 0.2) is 6.61 Å². The molecule has 1 atom stereocenters. The maximum absolute atomic E-state index is 12.5. The van der Waals surface area contributed by atoms with Gasteiger partial charge in [-0.25, -0.2) is 0 Å². The molecule has 1 aliphatic rings. The highest BCUT2D eigenvalue weighted by atomic mass is 32.2. The number of aryl methyl sites for hydroxylation is 1. The molecule has 0 fully saturated rings. The predicted octanol–water partition coefficient (Wildman–Crippen LogP) is 2.53. The Morgan fingerprint density at radius 3 is 2.73 bits per heavy atom. The Morgan fingerprint density at radius 2 is 1.91 bits per heavy atom. The van der Waals surface area contributed by atoms with Gasteiger partial charge >= 0.3 is 0 Å². The fourth-order valence-electron chi connectivity index (χ4n) is 2.47. The molecule has 0 bridgehead atoms. The summed E-state index contributed by atoms with van der Waals surface area (Å²) in [7, 11) is -1.03. The van der Waals surface area contributed by atoms with Crippen molar-refractivity contribution in [3.8, 4) is 5.75 Å². The minimum atomic E-state index is -1.03. The maximum atomic E-state index is 12.5. The molecule has 1 heterocycles. The van der Waals surface area contributed by atoms with E-state index in [1.54, 1.807) is 4.90 Å². The first-order chi connectivity index (χ1) is 10.7. The van der Waals surface area contributed by atoms with Crippen LogP contribution in [-0.2, 0) is 15.6 Å². The molecule has 1 aliphatic heterocycles. The molecular weight excluding hydrogens is 298 g/mol. The smallest absolute Gasteiger partial charge is 0.264 e. The van der Waals surface area contributed by atoms with Gasteiger partial charge in [-0.1, -0.05) is 30.3 Å². The van der Waals surface area contributed by atoms with E-state index in [9.17, 15) is 9.00 Å². The van der Waals surface area contributed by atoms with Crippen molar-refractivity contribution >= 4 is 22.4 Å². The topological polar surface area (TPSA) is 46.6 Å². The second kappa shape index (κ2) is 6.32. The molecule has 2 aromatic carbocycles. The summed E-state index contributed by atoms with van der Waals surface area (Å²) in [5, 5.41) is 0. The molecule has 0 radical (unpaired) electrons. The van der Waals surface area contributed by atoms with Gasteiger partial charge in [-0.15, -0.1) is 0 Å². The summed E-state index contributed by atoms with van der Waals surface area (Å²) < 4.78 is 17.6. The summed E-state index contributed by atoms with van der Waals surface area (Å²) in [4.78, 5) is 14.8. The lowest BCUT2D eigenvalue weighted by Gasteiger charge is -2.28. The van der Waals surface area contributed by atoms with E-state index in [2.05, 4.69) is 0 Å². The van der Waals surface area contributed by atoms with Crippen molar-refractivity contribution in [1.82, 2.24) is 0 Å². The Morgan fingerprint density at radius 1 is 1.18 bits per heavy atom. The van der Waals surface area contributed by atoms with Crippen LogP contribution in [0.2, 0.25) is 0 Å². The van der Waals surface area contributed by atoms with Gasteiger partial charge in [0.1, 0.15) is 5.75 Å². The summed E-state index contributed by atoms with van der Waals surface area (Å²) in [6.45, 7) is 2.38. The lowest BCUT2D eigenvalue weighted by Crippen LogP contribution is -2.41. The predicted molar refractivity (Wildman–Crippen MR) is 86.7 cm³/mol. The van der Waals surface area contributed by atoms with E-state index in [1.165, 1.54) is 0 Å². The third-order valence-electron chi connectivity index (χ3n) is 3.65. The normalized spacial score (nSPS) is 17.0. The van der Waals surface area contributed by atoms with Gasteiger partial charge in [-0.2, -0.15) is 0 Å². The van der Waals surface area contributed by atoms with Crippen LogP contribution in [0.4, 0.5) is 5.69 Å². The van der Waals surface area contributed by atoms with E-state index >= 15 is 0 Å². The molecule has 2 aromatic rings. The highest BCUT2D eigenvalue weighted by Crippen LogP contribution is 2.28. The van der Waals surface area contributed by atoms with Gasteiger partial charge in [0.25, 0.3) is 5.91 Å². The monoisotopic (exact) mass is 315 g/mol. The maximum Gasteiger partial charge on any atom is 0.264 e. The number of hydrogen-bond donors (Lipinski definition) is 0. The number of amides is 1. The zero-order valence-corrected chi connectivity index (χ0v) is 13.1. The molecule has 114 valence electrons. The average molecular weight is 315 g/mol.